The number of likely N-dealkylation sites (tertiary alicyclic amines) is 1. The first-order valence-corrected chi connectivity index (χ1v) is 12.0. The average molecular weight is 532 g/mol. The first-order chi connectivity index (χ1) is 17.4. The summed E-state index contributed by atoms with van der Waals surface area (Å²) >= 11 is 0. The predicted octanol–water partition coefficient (Wildman–Crippen LogP) is 4.00. The zero-order chi connectivity index (χ0) is 26.8. The first kappa shape index (κ1) is 26.9. The van der Waals surface area contributed by atoms with Crippen molar-refractivity contribution in [3.05, 3.63) is 45.6 Å². The number of nitrogens with zero attached hydrogens (tertiary/aromatic N) is 5. The van der Waals surface area contributed by atoms with E-state index in [0.717, 1.165) is 31.3 Å². The number of aromatic nitrogens is 4. The topological polar surface area (TPSA) is 95.1 Å². The van der Waals surface area contributed by atoms with E-state index in [-0.39, 0.29) is 30.0 Å². The standard InChI is InChI=1S/C23H26F6N6O2/c24-22(25,26)16-11-30-21(31-12-16)34-8-5-14(6-9-34)3-4-19(36)35-7-1-2-15(13-35)18-10-17(23(27,28)29)20(37)33-32-18/h10-12,14-15H,1-9,13H2,(H,33,37). The summed E-state index contributed by atoms with van der Waals surface area (Å²) in [5.41, 5.74) is -3.38. The summed E-state index contributed by atoms with van der Waals surface area (Å²) < 4.78 is 77.4. The van der Waals surface area contributed by atoms with E-state index in [2.05, 4.69) is 15.1 Å². The number of anilines is 1. The molecule has 14 heteroatoms. The summed E-state index contributed by atoms with van der Waals surface area (Å²) in [7, 11) is 0. The number of aromatic amines is 1. The van der Waals surface area contributed by atoms with Crippen molar-refractivity contribution in [2.45, 2.75) is 56.8 Å². The number of carbonyl (C=O) groups is 1. The number of H-pyrrole nitrogens is 1. The number of piperidine rings is 2. The van der Waals surface area contributed by atoms with Gasteiger partial charge in [-0.15, -0.1) is 0 Å². The Hall–Kier alpha value is -3.19. The van der Waals surface area contributed by atoms with Crippen molar-refractivity contribution in [2.75, 3.05) is 31.1 Å². The SMILES string of the molecule is O=C(CCC1CCN(c2ncc(C(F)(F)F)cn2)CC1)N1CCCC(c2cc(C(F)(F)F)c(=O)[nH]n2)C1. The van der Waals surface area contributed by atoms with Crippen molar-refractivity contribution >= 4 is 11.9 Å². The highest BCUT2D eigenvalue weighted by atomic mass is 19.4. The summed E-state index contributed by atoms with van der Waals surface area (Å²) in [5, 5.41) is 5.71. The molecule has 0 bridgehead atoms. The van der Waals surface area contributed by atoms with E-state index in [1.54, 1.807) is 4.90 Å². The van der Waals surface area contributed by atoms with Gasteiger partial charge in [0.1, 0.15) is 5.56 Å². The van der Waals surface area contributed by atoms with Gasteiger partial charge in [-0.05, 0) is 44.1 Å². The average Bonchev–Trinajstić information content (AvgIpc) is 2.87. The van der Waals surface area contributed by atoms with Crippen LogP contribution in [-0.2, 0) is 17.1 Å². The van der Waals surface area contributed by atoms with Crippen LogP contribution in [0.25, 0.3) is 0 Å². The molecule has 202 valence electrons. The van der Waals surface area contributed by atoms with Gasteiger partial charge in [0.25, 0.3) is 5.56 Å². The number of hydrogen-bond donors (Lipinski definition) is 1. The summed E-state index contributed by atoms with van der Waals surface area (Å²) in [6.07, 6.45) is -4.16. The second-order valence-electron chi connectivity index (χ2n) is 9.45. The molecule has 2 aromatic heterocycles. The van der Waals surface area contributed by atoms with Gasteiger partial charge in [-0.1, -0.05) is 0 Å². The van der Waals surface area contributed by atoms with Crippen LogP contribution in [0.4, 0.5) is 32.3 Å². The van der Waals surface area contributed by atoms with E-state index in [9.17, 15) is 35.9 Å². The molecular weight excluding hydrogens is 506 g/mol. The third-order valence-electron chi connectivity index (χ3n) is 6.95. The number of rotatable bonds is 5. The third-order valence-corrected chi connectivity index (χ3v) is 6.95. The van der Waals surface area contributed by atoms with Crippen molar-refractivity contribution < 1.29 is 31.1 Å². The van der Waals surface area contributed by atoms with E-state index in [0.29, 0.717) is 45.3 Å². The number of nitrogens with one attached hydrogen (secondary N) is 1. The molecule has 1 amide bonds. The fourth-order valence-corrected chi connectivity index (χ4v) is 4.82. The number of amides is 1. The fourth-order valence-electron chi connectivity index (χ4n) is 4.82. The highest BCUT2D eigenvalue weighted by molar-refractivity contribution is 5.76. The normalized spacial score (nSPS) is 19.8. The monoisotopic (exact) mass is 532 g/mol. The molecule has 4 heterocycles. The van der Waals surface area contributed by atoms with Crippen LogP contribution in [-0.4, -0.2) is 57.2 Å². The lowest BCUT2D eigenvalue weighted by atomic mass is 9.91. The van der Waals surface area contributed by atoms with Crippen LogP contribution in [0.1, 0.15) is 61.3 Å². The predicted molar refractivity (Wildman–Crippen MR) is 120 cm³/mol. The third kappa shape index (κ3) is 6.58. The summed E-state index contributed by atoms with van der Waals surface area (Å²) in [5.74, 6) is 0.0122. The molecule has 2 aliphatic rings. The van der Waals surface area contributed by atoms with Crippen molar-refractivity contribution in [1.82, 2.24) is 25.1 Å². The highest BCUT2D eigenvalue weighted by Crippen LogP contribution is 2.32. The molecule has 1 N–H and O–H groups in total. The van der Waals surface area contributed by atoms with Crippen molar-refractivity contribution in [3.63, 3.8) is 0 Å². The van der Waals surface area contributed by atoms with Crippen molar-refractivity contribution in [2.24, 2.45) is 5.92 Å². The second kappa shape index (κ2) is 10.7. The molecule has 1 unspecified atom stereocenters. The minimum absolute atomic E-state index is 0.0846. The molecule has 1 atom stereocenters. The Kier molecular flexibility index (Phi) is 7.74. The van der Waals surface area contributed by atoms with Crippen LogP contribution in [0, 0.1) is 5.92 Å². The highest BCUT2D eigenvalue weighted by Gasteiger charge is 2.36. The van der Waals surface area contributed by atoms with Crippen LogP contribution < -0.4 is 10.5 Å². The molecule has 37 heavy (non-hydrogen) atoms. The molecule has 0 aromatic carbocycles. The van der Waals surface area contributed by atoms with Crippen LogP contribution in [0.5, 0.6) is 0 Å². The van der Waals surface area contributed by atoms with Gasteiger partial charge < -0.3 is 9.80 Å². The van der Waals surface area contributed by atoms with Gasteiger partial charge in [-0.3, -0.25) is 9.59 Å². The number of carbonyl (C=O) groups excluding carboxylic acids is 1. The molecule has 2 fully saturated rings. The number of hydrogen-bond acceptors (Lipinski definition) is 6. The molecule has 0 saturated carbocycles. The lowest BCUT2D eigenvalue weighted by Crippen LogP contribution is -2.40. The van der Waals surface area contributed by atoms with Gasteiger partial charge in [-0.25, -0.2) is 15.1 Å². The minimum atomic E-state index is -4.79. The molecule has 2 aromatic rings. The van der Waals surface area contributed by atoms with E-state index in [4.69, 9.17) is 0 Å². The van der Waals surface area contributed by atoms with Gasteiger partial charge in [-0.2, -0.15) is 31.4 Å². The lowest BCUT2D eigenvalue weighted by molar-refractivity contribution is -0.139. The second-order valence-corrected chi connectivity index (χ2v) is 9.45. The molecule has 0 radical (unpaired) electrons. The van der Waals surface area contributed by atoms with Crippen LogP contribution in [0.15, 0.2) is 23.3 Å². The van der Waals surface area contributed by atoms with E-state index in [1.807, 2.05) is 10.00 Å². The molecule has 4 rings (SSSR count). The largest absolute Gasteiger partial charge is 0.421 e. The number of alkyl halides is 6. The maximum Gasteiger partial charge on any atom is 0.421 e. The van der Waals surface area contributed by atoms with Gasteiger partial charge in [0, 0.05) is 50.9 Å². The maximum atomic E-state index is 13.1. The molecule has 2 saturated heterocycles. The van der Waals surface area contributed by atoms with E-state index >= 15 is 0 Å². The Morgan fingerprint density at radius 3 is 2.30 bits per heavy atom. The Bertz CT molecular complexity index is 1140. The smallest absolute Gasteiger partial charge is 0.342 e. The Morgan fingerprint density at radius 1 is 1.00 bits per heavy atom. The Balaban J connectivity index is 1.26. The van der Waals surface area contributed by atoms with Crippen LogP contribution >= 0.6 is 0 Å². The van der Waals surface area contributed by atoms with Gasteiger partial charge in [0.2, 0.25) is 11.9 Å². The molecule has 8 nitrogen and oxygen atoms in total. The van der Waals surface area contributed by atoms with Crippen LogP contribution in [0.2, 0.25) is 0 Å². The van der Waals surface area contributed by atoms with Gasteiger partial charge in [0.05, 0.1) is 11.3 Å². The quantitative estimate of drug-likeness (QED) is 0.585. The molecular formula is C23H26F6N6O2. The Morgan fingerprint density at radius 2 is 1.68 bits per heavy atom. The van der Waals surface area contributed by atoms with Crippen molar-refractivity contribution in [1.29, 1.82) is 0 Å². The Labute approximate surface area is 208 Å². The minimum Gasteiger partial charge on any atom is -0.342 e. The lowest BCUT2D eigenvalue weighted by Gasteiger charge is -2.34. The van der Waals surface area contributed by atoms with E-state index in [1.165, 1.54) is 0 Å². The molecule has 2 aliphatic heterocycles. The zero-order valence-electron chi connectivity index (χ0n) is 19.8. The summed E-state index contributed by atoms with van der Waals surface area (Å²) in [4.78, 5) is 35.5. The van der Waals surface area contributed by atoms with E-state index < -0.39 is 35.0 Å². The first-order valence-electron chi connectivity index (χ1n) is 12.0. The van der Waals surface area contributed by atoms with Gasteiger partial charge >= 0.3 is 12.4 Å². The molecule has 0 aliphatic carbocycles. The van der Waals surface area contributed by atoms with Gasteiger partial charge in [0.15, 0.2) is 0 Å². The van der Waals surface area contributed by atoms with Crippen LogP contribution in [0.3, 0.4) is 0 Å². The van der Waals surface area contributed by atoms with Crippen molar-refractivity contribution in [3.8, 4) is 0 Å². The summed E-state index contributed by atoms with van der Waals surface area (Å²) in [6, 6.07) is 0.769. The zero-order valence-corrected chi connectivity index (χ0v) is 19.8. The maximum absolute atomic E-state index is 13.1. The number of halogens is 6. The fraction of sp³-hybridized carbons (Fsp3) is 0.609. The molecule has 0 spiro atoms. The summed E-state index contributed by atoms with van der Waals surface area (Å²) in [6.45, 7) is 1.87.